The first-order valence-corrected chi connectivity index (χ1v) is 8.44. The number of halogens is 3. The molecule has 130 valence electrons. The zero-order valence-electron chi connectivity index (χ0n) is 12.6. The summed E-state index contributed by atoms with van der Waals surface area (Å²) < 4.78 is 61.9. The Bertz CT molecular complexity index is 552. The molecule has 0 radical (unpaired) electrons. The van der Waals surface area contributed by atoms with E-state index in [0.29, 0.717) is 0 Å². The van der Waals surface area contributed by atoms with Gasteiger partial charge in [-0.25, -0.2) is 0 Å². The molecule has 1 N–H and O–H groups in total. The van der Waals surface area contributed by atoms with Crippen LogP contribution in [0.2, 0.25) is 0 Å². The van der Waals surface area contributed by atoms with Crippen molar-refractivity contribution in [2.75, 3.05) is 24.7 Å². The third-order valence-electron chi connectivity index (χ3n) is 2.36. The Labute approximate surface area is 131 Å². The van der Waals surface area contributed by atoms with Gasteiger partial charge >= 0.3 is 14.0 Å². The summed E-state index contributed by atoms with van der Waals surface area (Å²) in [5.74, 6) is -1.05. The summed E-state index contributed by atoms with van der Waals surface area (Å²) in [6.07, 6.45) is -5.28. The minimum Gasteiger partial charge on any atom is -0.406 e. The topological polar surface area (TPSA) is 73.9 Å². The molecule has 1 amide bonds. The predicted molar refractivity (Wildman–Crippen MR) is 77.5 cm³/mol. The van der Waals surface area contributed by atoms with Crippen molar-refractivity contribution in [3.05, 3.63) is 24.3 Å². The van der Waals surface area contributed by atoms with Crippen LogP contribution in [0.15, 0.2) is 24.3 Å². The van der Waals surface area contributed by atoms with E-state index in [4.69, 9.17) is 9.05 Å². The molecule has 1 rings (SSSR count). The van der Waals surface area contributed by atoms with E-state index in [0.717, 1.165) is 12.1 Å². The van der Waals surface area contributed by atoms with E-state index in [1.165, 1.54) is 12.1 Å². The van der Waals surface area contributed by atoms with E-state index in [1.807, 2.05) is 0 Å². The number of anilines is 1. The lowest BCUT2D eigenvalue weighted by Gasteiger charge is -2.16. The second kappa shape index (κ2) is 8.33. The van der Waals surface area contributed by atoms with E-state index < -0.39 is 31.8 Å². The summed E-state index contributed by atoms with van der Waals surface area (Å²) in [5, 5.41) is 2.40. The van der Waals surface area contributed by atoms with E-state index in [-0.39, 0.29) is 18.9 Å². The smallest absolute Gasteiger partial charge is 0.406 e. The van der Waals surface area contributed by atoms with Crippen LogP contribution in [0.3, 0.4) is 0 Å². The van der Waals surface area contributed by atoms with Gasteiger partial charge in [0.1, 0.15) is 11.9 Å². The van der Waals surface area contributed by atoms with Crippen molar-refractivity contribution in [3.8, 4) is 5.75 Å². The van der Waals surface area contributed by atoms with Crippen LogP contribution in [0, 0.1) is 0 Å². The van der Waals surface area contributed by atoms with Crippen LogP contribution in [0.1, 0.15) is 13.8 Å². The molecule has 0 aliphatic heterocycles. The first kappa shape index (κ1) is 19.5. The maximum atomic E-state index is 12.2. The average Bonchev–Trinajstić information content (AvgIpc) is 2.39. The number of ether oxygens (including phenoxy) is 1. The molecule has 1 aromatic carbocycles. The highest BCUT2D eigenvalue weighted by atomic mass is 31.2. The Morgan fingerprint density at radius 3 is 2.09 bits per heavy atom. The SMILES string of the molecule is CCOP(=O)(CC(=O)Nc1ccc(OC(F)(F)F)cc1)OCC. The summed E-state index contributed by atoms with van der Waals surface area (Å²) in [4.78, 5) is 11.8. The third-order valence-corrected chi connectivity index (χ3v) is 4.34. The molecule has 0 fully saturated rings. The molecule has 0 atom stereocenters. The Hall–Kier alpha value is -1.57. The Balaban J connectivity index is 2.65. The van der Waals surface area contributed by atoms with Gasteiger partial charge in [-0.3, -0.25) is 9.36 Å². The highest BCUT2D eigenvalue weighted by molar-refractivity contribution is 7.54. The number of benzene rings is 1. The van der Waals surface area contributed by atoms with Crippen molar-refractivity contribution < 1.29 is 36.3 Å². The number of hydrogen-bond acceptors (Lipinski definition) is 5. The third kappa shape index (κ3) is 7.49. The van der Waals surface area contributed by atoms with Gasteiger partial charge in [-0.05, 0) is 38.1 Å². The number of rotatable bonds is 8. The number of amides is 1. The molecule has 6 nitrogen and oxygen atoms in total. The lowest BCUT2D eigenvalue weighted by molar-refractivity contribution is -0.274. The highest BCUT2D eigenvalue weighted by Gasteiger charge is 2.31. The summed E-state index contributed by atoms with van der Waals surface area (Å²) in [6, 6.07) is 4.55. The van der Waals surface area contributed by atoms with Crippen LogP contribution >= 0.6 is 7.60 Å². The van der Waals surface area contributed by atoms with Crippen molar-refractivity contribution in [1.29, 1.82) is 0 Å². The number of carbonyl (C=O) groups excluding carboxylic acids is 1. The van der Waals surface area contributed by atoms with Gasteiger partial charge in [0, 0.05) is 5.69 Å². The van der Waals surface area contributed by atoms with Crippen LogP contribution in [0.25, 0.3) is 0 Å². The van der Waals surface area contributed by atoms with Gasteiger partial charge in [0.2, 0.25) is 5.91 Å². The lowest BCUT2D eigenvalue weighted by Crippen LogP contribution is -2.19. The van der Waals surface area contributed by atoms with E-state index in [9.17, 15) is 22.5 Å². The maximum absolute atomic E-state index is 12.2. The van der Waals surface area contributed by atoms with Crippen LogP contribution in [0.5, 0.6) is 5.75 Å². The normalized spacial score (nSPS) is 12.0. The fourth-order valence-corrected chi connectivity index (χ4v) is 3.11. The van der Waals surface area contributed by atoms with Crippen LogP contribution in [0.4, 0.5) is 18.9 Å². The second-order valence-corrected chi connectivity index (χ2v) is 6.28. The van der Waals surface area contributed by atoms with Crippen molar-refractivity contribution in [1.82, 2.24) is 0 Å². The van der Waals surface area contributed by atoms with Crippen LogP contribution in [-0.4, -0.2) is 31.6 Å². The van der Waals surface area contributed by atoms with Gasteiger partial charge < -0.3 is 19.1 Å². The van der Waals surface area contributed by atoms with Crippen molar-refractivity contribution >= 4 is 19.2 Å². The molecule has 0 aliphatic carbocycles. The number of alkyl halides is 3. The minimum atomic E-state index is -4.79. The van der Waals surface area contributed by atoms with Gasteiger partial charge in [-0.1, -0.05) is 0 Å². The molecule has 0 heterocycles. The molecule has 0 saturated heterocycles. The Morgan fingerprint density at radius 1 is 1.13 bits per heavy atom. The quantitative estimate of drug-likeness (QED) is 0.718. The van der Waals surface area contributed by atoms with Crippen molar-refractivity contribution in [2.45, 2.75) is 20.2 Å². The molecule has 0 spiro atoms. The van der Waals surface area contributed by atoms with Crippen LogP contribution < -0.4 is 10.1 Å². The second-order valence-electron chi connectivity index (χ2n) is 4.22. The zero-order chi connectivity index (χ0) is 17.5. The first-order chi connectivity index (χ1) is 10.7. The standard InChI is InChI=1S/C13H17F3NO5P/c1-3-20-23(19,21-4-2)9-12(18)17-10-5-7-11(8-6-10)22-13(14,15)16/h5-8H,3-4,9H2,1-2H3,(H,17,18). The monoisotopic (exact) mass is 355 g/mol. The molecular formula is C13H17F3NO5P. The zero-order valence-corrected chi connectivity index (χ0v) is 13.4. The van der Waals surface area contributed by atoms with Gasteiger partial charge in [0.05, 0.1) is 13.2 Å². The molecule has 1 aromatic rings. The summed E-state index contributed by atoms with van der Waals surface area (Å²) in [7, 11) is -3.54. The summed E-state index contributed by atoms with van der Waals surface area (Å²) in [6.45, 7) is 3.47. The molecule has 0 unspecified atom stereocenters. The first-order valence-electron chi connectivity index (χ1n) is 6.71. The van der Waals surface area contributed by atoms with Gasteiger partial charge in [-0.15, -0.1) is 13.2 Å². The molecule has 0 aliphatic rings. The maximum Gasteiger partial charge on any atom is 0.573 e. The van der Waals surface area contributed by atoms with Gasteiger partial charge in [0.25, 0.3) is 0 Å². The predicted octanol–water partition coefficient (Wildman–Crippen LogP) is 3.79. The molecule has 0 aromatic heterocycles. The van der Waals surface area contributed by atoms with Gasteiger partial charge in [0.15, 0.2) is 0 Å². The fraction of sp³-hybridized carbons (Fsp3) is 0.462. The van der Waals surface area contributed by atoms with Gasteiger partial charge in [-0.2, -0.15) is 0 Å². The highest BCUT2D eigenvalue weighted by Crippen LogP contribution is 2.47. The van der Waals surface area contributed by atoms with Crippen LogP contribution in [-0.2, 0) is 18.4 Å². The molecule has 10 heteroatoms. The summed E-state index contributed by atoms with van der Waals surface area (Å²) >= 11 is 0. The van der Waals surface area contributed by atoms with E-state index in [1.54, 1.807) is 13.8 Å². The minimum absolute atomic E-state index is 0.119. The lowest BCUT2D eigenvalue weighted by atomic mass is 10.3. The Kier molecular flexibility index (Phi) is 7.05. The fourth-order valence-electron chi connectivity index (χ4n) is 1.64. The molecule has 23 heavy (non-hydrogen) atoms. The number of hydrogen-bond donors (Lipinski definition) is 1. The molecular weight excluding hydrogens is 338 g/mol. The largest absolute Gasteiger partial charge is 0.573 e. The van der Waals surface area contributed by atoms with E-state index in [2.05, 4.69) is 10.1 Å². The Morgan fingerprint density at radius 2 is 1.65 bits per heavy atom. The molecule has 0 saturated carbocycles. The number of nitrogens with one attached hydrogen (secondary N) is 1. The van der Waals surface area contributed by atoms with E-state index >= 15 is 0 Å². The van der Waals surface area contributed by atoms with Crippen molar-refractivity contribution in [2.24, 2.45) is 0 Å². The summed E-state index contributed by atoms with van der Waals surface area (Å²) in [5.41, 5.74) is 0.226. The average molecular weight is 355 g/mol. The number of carbonyl (C=O) groups is 1. The van der Waals surface area contributed by atoms with Crippen molar-refractivity contribution in [3.63, 3.8) is 0 Å². The molecule has 0 bridgehead atoms.